The molecule has 1 heterocycles. The summed E-state index contributed by atoms with van der Waals surface area (Å²) in [6.45, 7) is 1.27. The lowest BCUT2D eigenvalue weighted by molar-refractivity contribution is -0.129. The number of benzene rings is 1. The number of halogens is 2. The van der Waals surface area contributed by atoms with E-state index in [0.717, 1.165) is 13.0 Å². The van der Waals surface area contributed by atoms with Crippen LogP contribution in [0, 0.1) is 17.7 Å². The average molecular weight is 328 g/mol. The quantitative estimate of drug-likeness (QED) is 0.902. The highest BCUT2D eigenvalue weighted by Gasteiger charge is 2.54. The molecule has 1 aromatic rings. The molecule has 4 nitrogen and oxygen atoms in total. The lowest BCUT2D eigenvalue weighted by Crippen LogP contribution is -2.63. The third-order valence-electron chi connectivity index (χ3n) is 4.61. The van der Waals surface area contributed by atoms with Gasteiger partial charge in [0, 0.05) is 42.2 Å². The van der Waals surface area contributed by atoms with Crippen LogP contribution in [0.5, 0.6) is 0 Å². The van der Waals surface area contributed by atoms with Gasteiger partial charge in [-0.2, -0.15) is 0 Å². The first kappa shape index (κ1) is 15.7. The van der Waals surface area contributed by atoms with Crippen LogP contribution in [-0.2, 0) is 20.7 Å². The Morgan fingerprint density at radius 1 is 1.55 bits per heavy atom. The van der Waals surface area contributed by atoms with Crippen LogP contribution < -0.4 is 5.32 Å². The van der Waals surface area contributed by atoms with Crippen molar-refractivity contribution < 1.29 is 18.7 Å². The zero-order valence-electron chi connectivity index (χ0n) is 12.4. The first-order chi connectivity index (χ1) is 10.6. The Morgan fingerprint density at radius 3 is 3.09 bits per heavy atom. The third kappa shape index (κ3) is 2.85. The number of amides is 1. The van der Waals surface area contributed by atoms with Gasteiger partial charge in [0.25, 0.3) is 0 Å². The van der Waals surface area contributed by atoms with E-state index in [1.165, 1.54) is 12.1 Å². The average Bonchev–Trinajstić information content (AvgIpc) is 2.91. The molecule has 120 valence electrons. The van der Waals surface area contributed by atoms with Crippen molar-refractivity contribution in [3.63, 3.8) is 0 Å². The number of methoxy groups -OCH3 is 1. The van der Waals surface area contributed by atoms with Crippen LogP contribution in [-0.4, -0.2) is 38.4 Å². The fourth-order valence-corrected chi connectivity index (χ4v) is 3.76. The van der Waals surface area contributed by atoms with Crippen LogP contribution in [0.3, 0.4) is 0 Å². The van der Waals surface area contributed by atoms with E-state index in [9.17, 15) is 9.18 Å². The minimum atomic E-state index is -0.452. The van der Waals surface area contributed by atoms with E-state index in [-0.39, 0.29) is 41.0 Å². The van der Waals surface area contributed by atoms with Crippen LogP contribution in [0.15, 0.2) is 18.2 Å². The maximum absolute atomic E-state index is 13.8. The van der Waals surface area contributed by atoms with E-state index in [0.29, 0.717) is 12.5 Å². The number of rotatable bonds is 5. The summed E-state index contributed by atoms with van der Waals surface area (Å²) >= 11 is 5.97. The molecule has 4 atom stereocenters. The molecule has 0 bridgehead atoms. The molecule has 0 spiro atoms. The molecule has 2 aliphatic rings. The summed E-state index contributed by atoms with van der Waals surface area (Å²) in [6, 6.07) is 4.46. The lowest BCUT2D eigenvalue weighted by Gasteiger charge is -2.47. The Labute approximate surface area is 133 Å². The summed E-state index contributed by atoms with van der Waals surface area (Å²) in [6.07, 6.45) is 1.05. The van der Waals surface area contributed by atoms with Crippen molar-refractivity contribution in [3.05, 3.63) is 34.6 Å². The fraction of sp³-hybridized carbons (Fsp3) is 0.562. The zero-order chi connectivity index (χ0) is 15.7. The second-order valence-corrected chi connectivity index (χ2v) is 6.28. The van der Waals surface area contributed by atoms with Crippen molar-refractivity contribution >= 4 is 17.5 Å². The van der Waals surface area contributed by atoms with E-state index >= 15 is 0 Å². The minimum absolute atomic E-state index is 0.0329. The minimum Gasteiger partial charge on any atom is -0.384 e. The molecule has 2 fully saturated rings. The Balaban J connectivity index is 1.64. The smallest absolute Gasteiger partial charge is 0.224 e. The largest absolute Gasteiger partial charge is 0.384 e. The molecule has 1 N–H and O–H groups in total. The molecule has 6 heteroatoms. The Kier molecular flexibility index (Phi) is 4.66. The SMILES string of the molecule is COC[C@@H]1[C@@H](NC(=O)Cc2c(F)cccc2Cl)[C@@H]2CCO[C@H]12. The number of fused-ring (bicyclic) bond motifs is 1. The van der Waals surface area contributed by atoms with Gasteiger partial charge in [0.05, 0.1) is 19.1 Å². The highest BCUT2D eigenvalue weighted by atomic mass is 35.5. The predicted octanol–water partition coefficient (Wildman–Crippen LogP) is 2.19. The Bertz CT molecular complexity index is 548. The molecule has 1 amide bonds. The Morgan fingerprint density at radius 2 is 2.36 bits per heavy atom. The summed E-state index contributed by atoms with van der Waals surface area (Å²) in [5, 5.41) is 3.28. The van der Waals surface area contributed by atoms with Crippen molar-refractivity contribution in [1.29, 1.82) is 0 Å². The van der Waals surface area contributed by atoms with Gasteiger partial charge in [-0.15, -0.1) is 0 Å². The highest BCUT2D eigenvalue weighted by molar-refractivity contribution is 6.31. The van der Waals surface area contributed by atoms with Gasteiger partial charge >= 0.3 is 0 Å². The molecule has 3 rings (SSSR count). The van der Waals surface area contributed by atoms with Crippen molar-refractivity contribution in [3.8, 4) is 0 Å². The number of hydrogen-bond acceptors (Lipinski definition) is 3. The number of carbonyl (C=O) groups excluding carboxylic acids is 1. The van der Waals surface area contributed by atoms with Crippen molar-refractivity contribution in [2.24, 2.45) is 11.8 Å². The van der Waals surface area contributed by atoms with Crippen molar-refractivity contribution in [2.75, 3.05) is 20.3 Å². The molecule has 1 saturated heterocycles. The van der Waals surface area contributed by atoms with Gasteiger partial charge in [-0.25, -0.2) is 4.39 Å². The number of ether oxygens (including phenoxy) is 2. The summed E-state index contributed by atoms with van der Waals surface area (Å²) in [4.78, 5) is 12.2. The lowest BCUT2D eigenvalue weighted by atomic mass is 9.67. The Hall–Kier alpha value is -1.17. The maximum Gasteiger partial charge on any atom is 0.224 e. The van der Waals surface area contributed by atoms with E-state index in [1.807, 2.05) is 0 Å². The highest BCUT2D eigenvalue weighted by Crippen LogP contribution is 2.43. The monoisotopic (exact) mass is 327 g/mol. The van der Waals surface area contributed by atoms with Gasteiger partial charge in [-0.05, 0) is 18.6 Å². The fourth-order valence-electron chi connectivity index (χ4n) is 3.53. The normalized spacial score (nSPS) is 29.8. The third-order valence-corrected chi connectivity index (χ3v) is 4.97. The summed E-state index contributed by atoms with van der Waals surface area (Å²) < 4.78 is 24.6. The topological polar surface area (TPSA) is 47.6 Å². The number of carbonyl (C=O) groups is 1. The maximum atomic E-state index is 13.8. The predicted molar refractivity (Wildman–Crippen MR) is 80.3 cm³/mol. The second kappa shape index (κ2) is 6.52. The summed E-state index contributed by atoms with van der Waals surface area (Å²) in [5.41, 5.74) is 0.239. The van der Waals surface area contributed by atoms with Crippen molar-refractivity contribution in [2.45, 2.75) is 25.0 Å². The van der Waals surface area contributed by atoms with E-state index in [1.54, 1.807) is 13.2 Å². The number of nitrogens with one attached hydrogen (secondary N) is 1. The molecule has 0 radical (unpaired) electrons. The molecule has 1 aliphatic carbocycles. The van der Waals surface area contributed by atoms with Crippen LogP contribution in [0.2, 0.25) is 5.02 Å². The van der Waals surface area contributed by atoms with E-state index < -0.39 is 5.82 Å². The summed E-state index contributed by atoms with van der Waals surface area (Å²) in [5.74, 6) is -0.173. The molecule has 0 unspecified atom stereocenters. The van der Waals surface area contributed by atoms with Crippen LogP contribution in [0.25, 0.3) is 0 Å². The van der Waals surface area contributed by atoms with Gasteiger partial charge in [0.15, 0.2) is 0 Å². The van der Waals surface area contributed by atoms with Crippen molar-refractivity contribution in [1.82, 2.24) is 5.32 Å². The zero-order valence-corrected chi connectivity index (χ0v) is 13.1. The van der Waals surface area contributed by atoms with Gasteiger partial charge in [-0.3, -0.25) is 4.79 Å². The second-order valence-electron chi connectivity index (χ2n) is 5.88. The molecule has 1 aromatic carbocycles. The molecule has 1 aliphatic heterocycles. The molecule has 22 heavy (non-hydrogen) atoms. The van der Waals surface area contributed by atoms with Crippen LogP contribution in [0.1, 0.15) is 12.0 Å². The molecule has 0 aromatic heterocycles. The summed E-state index contributed by atoms with van der Waals surface area (Å²) in [7, 11) is 1.64. The van der Waals surface area contributed by atoms with E-state index in [4.69, 9.17) is 21.1 Å². The van der Waals surface area contributed by atoms with Crippen LogP contribution >= 0.6 is 11.6 Å². The first-order valence-electron chi connectivity index (χ1n) is 7.44. The molecular formula is C16H19ClFNO3. The van der Waals surface area contributed by atoms with Crippen LogP contribution in [0.4, 0.5) is 4.39 Å². The van der Waals surface area contributed by atoms with Gasteiger partial charge in [-0.1, -0.05) is 17.7 Å². The van der Waals surface area contributed by atoms with Gasteiger partial charge in [0.1, 0.15) is 5.82 Å². The standard InChI is InChI=1S/C16H19ClFNO3/c1-21-8-11-15(9-5-6-22-16(9)11)19-14(20)7-10-12(17)3-2-4-13(10)18/h2-4,9,11,15-16H,5-8H2,1H3,(H,19,20)/t9-,11+,15-,16-/m0/s1. The van der Waals surface area contributed by atoms with Gasteiger partial charge < -0.3 is 14.8 Å². The van der Waals surface area contributed by atoms with E-state index in [2.05, 4.69) is 5.32 Å². The molecular weight excluding hydrogens is 309 g/mol. The van der Waals surface area contributed by atoms with Gasteiger partial charge in [0.2, 0.25) is 5.91 Å². The number of hydrogen-bond donors (Lipinski definition) is 1. The first-order valence-corrected chi connectivity index (χ1v) is 7.82. The molecule has 1 saturated carbocycles.